The minimum Gasteiger partial charge on any atom is -0.456 e. The molecule has 4 N–H and O–H groups in total. The molecule has 1 aliphatic carbocycles. The Morgan fingerprint density at radius 3 is 2.18 bits per heavy atom. The van der Waals surface area contributed by atoms with Crippen LogP contribution in [0.5, 0.6) is 0 Å². The Morgan fingerprint density at radius 2 is 1.51 bits per heavy atom. The molecule has 0 spiro atoms. The van der Waals surface area contributed by atoms with Gasteiger partial charge >= 0.3 is 0 Å². The van der Waals surface area contributed by atoms with Gasteiger partial charge in [-0.3, -0.25) is 19.2 Å². The standard InChI is InChI=1S/C47H65N7O7/c1-7-51(8-2)34-15-17-38-41(31-34)61-42-32-35(52(9-3)10-4)16-18-39(42)45(38)36-13-11-12-14-37(36)47(58)54-25-23-53(24-26-54)44(56)20-19-40(46(48)57)50-43(55)21-27-59-29-30-60-28-22-49-33(5)6/h11-18,31-33,40,49H,7-10,19-30H2,1-6H3,(H2-,48,50,55,57)/p+1/t40-/m0/s1. The maximum absolute atomic E-state index is 14.4. The monoisotopic (exact) mass is 841 g/mol. The third-order valence-corrected chi connectivity index (χ3v) is 11.3. The number of hydrogen-bond acceptors (Lipinski definition) is 9. The molecule has 4 amide bonds. The van der Waals surface area contributed by atoms with Crippen LogP contribution in [0.25, 0.3) is 33.4 Å². The van der Waals surface area contributed by atoms with E-state index in [4.69, 9.17) is 19.6 Å². The molecule has 1 saturated heterocycles. The molecule has 0 radical (unpaired) electrons. The van der Waals surface area contributed by atoms with Crippen molar-refractivity contribution in [2.24, 2.45) is 5.73 Å². The molecule has 2 aliphatic heterocycles. The molecule has 330 valence electrons. The molecule has 3 aliphatic rings. The smallest absolute Gasteiger partial charge is 0.254 e. The lowest BCUT2D eigenvalue weighted by Gasteiger charge is -2.35. The largest absolute Gasteiger partial charge is 0.456 e. The fourth-order valence-corrected chi connectivity index (χ4v) is 7.83. The molecule has 2 aromatic carbocycles. The highest BCUT2D eigenvalue weighted by atomic mass is 16.5. The lowest BCUT2D eigenvalue weighted by Crippen LogP contribution is -2.51. The first-order chi connectivity index (χ1) is 29.5. The Morgan fingerprint density at radius 1 is 0.820 bits per heavy atom. The first-order valence-electron chi connectivity index (χ1n) is 22.0. The summed E-state index contributed by atoms with van der Waals surface area (Å²) < 4.78 is 19.9. The van der Waals surface area contributed by atoms with Gasteiger partial charge in [-0.2, -0.15) is 0 Å². The van der Waals surface area contributed by atoms with Gasteiger partial charge in [0.1, 0.15) is 30.5 Å². The summed E-state index contributed by atoms with van der Waals surface area (Å²) in [6, 6.07) is 19.7. The number of piperazine rings is 1. The van der Waals surface area contributed by atoms with Crippen molar-refractivity contribution in [3.8, 4) is 22.5 Å². The van der Waals surface area contributed by atoms with Gasteiger partial charge in [0.15, 0.2) is 0 Å². The number of primary amides is 1. The van der Waals surface area contributed by atoms with Gasteiger partial charge in [0.25, 0.3) is 5.91 Å². The number of fused-ring (bicyclic) bond motifs is 2. The lowest BCUT2D eigenvalue weighted by atomic mass is 9.90. The number of amides is 4. The average molecular weight is 841 g/mol. The van der Waals surface area contributed by atoms with Crippen LogP contribution in [-0.4, -0.2) is 131 Å². The van der Waals surface area contributed by atoms with E-state index in [1.807, 2.05) is 24.3 Å². The van der Waals surface area contributed by atoms with E-state index in [0.717, 1.165) is 77.2 Å². The van der Waals surface area contributed by atoms with Crippen molar-refractivity contribution in [1.29, 1.82) is 0 Å². The van der Waals surface area contributed by atoms with E-state index in [1.54, 1.807) is 9.80 Å². The third-order valence-electron chi connectivity index (χ3n) is 11.3. The van der Waals surface area contributed by atoms with Crippen LogP contribution < -0.4 is 31.2 Å². The van der Waals surface area contributed by atoms with E-state index in [0.29, 0.717) is 57.6 Å². The molecule has 1 atom stereocenters. The number of anilines is 1. The Labute approximate surface area is 360 Å². The zero-order valence-electron chi connectivity index (χ0n) is 37.0. The molecule has 0 unspecified atom stereocenters. The summed E-state index contributed by atoms with van der Waals surface area (Å²) in [6.45, 7) is 19.8. The molecule has 14 nitrogen and oxygen atoms in total. The molecule has 2 heterocycles. The number of nitrogens with one attached hydrogen (secondary N) is 2. The van der Waals surface area contributed by atoms with Crippen LogP contribution in [0, 0.1) is 0 Å². The van der Waals surface area contributed by atoms with E-state index < -0.39 is 11.9 Å². The first-order valence-corrected chi connectivity index (χ1v) is 22.0. The minimum absolute atomic E-state index is 0.0232. The second kappa shape index (κ2) is 23.1. The molecule has 2 aromatic rings. The van der Waals surface area contributed by atoms with Crippen LogP contribution in [0.2, 0.25) is 0 Å². The van der Waals surface area contributed by atoms with Crippen molar-refractivity contribution in [2.45, 2.75) is 72.9 Å². The van der Waals surface area contributed by atoms with Gasteiger partial charge in [-0.15, -0.1) is 0 Å². The lowest BCUT2D eigenvalue weighted by molar-refractivity contribution is -0.134. The third kappa shape index (κ3) is 12.4. The predicted octanol–water partition coefficient (Wildman–Crippen LogP) is 4.32. The van der Waals surface area contributed by atoms with E-state index >= 15 is 0 Å². The van der Waals surface area contributed by atoms with Crippen LogP contribution >= 0.6 is 0 Å². The molecule has 1 fully saturated rings. The van der Waals surface area contributed by atoms with Crippen molar-refractivity contribution in [3.63, 3.8) is 0 Å². The van der Waals surface area contributed by atoms with Gasteiger partial charge in [0.2, 0.25) is 23.1 Å². The van der Waals surface area contributed by atoms with Crippen molar-refractivity contribution in [3.05, 3.63) is 71.6 Å². The highest BCUT2D eigenvalue weighted by Crippen LogP contribution is 2.42. The Hall–Kier alpha value is -5.31. The second-order valence-electron chi connectivity index (χ2n) is 15.5. The van der Waals surface area contributed by atoms with Crippen LogP contribution in [0.1, 0.15) is 71.2 Å². The quantitative estimate of drug-likeness (QED) is 0.0595. The molecule has 61 heavy (non-hydrogen) atoms. The van der Waals surface area contributed by atoms with Gasteiger partial charge in [0, 0.05) is 105 Å². The molecule has 5 rings (SSSR count). The van der Waals surface area contributed by atoms with E-state index in [2.05, 4.69) is 98.0 Å². The summed E-state index contributed by atoms with van der Waals surface area (Å²) in [5.41, 5.74) is 10.7. The maximum atomic E-state index is 14.4. The Kier molecular flexibility index (Phi) is 17.7. The minimum atomic E-state index is -0.988. The second-order valence-corrected chi connectivity index (χ2v) is 15.5. The molecule has 14 heteroatoms. The normalized spacial score (nSPS) is 13.5. The maximum Gasteiger partial charge on any atom is 0.254 e. The van der Waals surface area contributed by atoms with Gasteiger partial charge in [-0.1, -0.05) is 32.0 Å². The van der Waals surface area contributed by atoms with Crippen molar-refractivity contribution >= 4 is 40.3 Å². The van der Waals surface area contributed by atoms with Crippen LogP contribution in [0.3, 0.4) is 0 Å². The molecular formula is C47H66N7O7+. The SMILES string of the molecule is CCN(CC)c1ccc2c(-c3ccccc3C(=O)N3CCN(C(=O)CC[C@H](NC(=O)CCOCCOCCNC(C)C)C(N)=O)CC3)c3ccc(=[N+](CC)CC)cc-3oc2c1. The number of carbonyl (C=O) groups is 4. The van der Waals surface area contributed by atoms with Crippen LogP contribution in [-0.2, 0) is 23.9 Å². The van der Waals surface area contributed by atoms with Gasteiger partial charge in [0.05, 0.1) is 32.5 Å². The fourth-order valence-electron chi connectivity index (χ4n) is 7.83. The summed E-state index contributed by atoms with van der Waals surface area (Å²) in [6.07, 6.45) is 0.145. The predicted molar refractivity (Wildman–Crippen MR) is 240 cm³/mol. The van der Waals surface area contributed by atoms with Crippen molar-refractivity contribution < 1.29 is 33.1 Å². The first kappa shape index (κ1) is 46.8. The average Bonchev–Trinajstić information content (AvgIpc) is 3.26. The van der Waals surface area contributed by atoms with E-state index in [9.17, 15) is 19.2 Å². The van der Waals surface area contributed by atoms with Crippen molar-refractivity contribution in [1.82, 2.24) is 25.0 Å². The highest BCUT2D eigenvalue weighted by molar-refractivity contribution is 6.09. The summed E-state index contributed by atoms with van der Waals surface area (Å²) in [7, 11) is 0. The summed E-state index contributed by atoms with van der Waals surface area (Å²) >= 11 is 0. The van der Waals surface area contributed by atoms with Gasteiger partial charge in [-0.25, -0.2) is 4.58 Å². The summed E-state index contributed by atoms with van der Waals surface area (Å²) in [4.78, 5) is 58.3. The Bertz CT molecular complexity index is 2130. The molecule has 0 bridgehead atoms. The Balaban J connectivity index is 1.24. The zero-order valence-corrected chi connectivity index (χ0v) is 37.0. The van der Waals surface area contributed by atoms with Gasteiger partial charge < -0.3 is 45.0 Å². The molecule has 0 aromatic heterocycles. The molecular weight excluding hydrogens is 775 g/mol. The molecule has 0 saturated carbocycles. The highest BCUT2D eigenvalue weighted by Gasteiger charge is 2.29. The number of nitrogens with two attached hydrogens (primary N) is 1. The number of ether oxygens (including phenoxy) is 2. The van der Waals surface area contributed by atoms with E-state index in [1.165, 1.54) is 0 Å². The summed E-state index contributed by atoms with van der Waals surface area (Å²) in [5.74, 6) is -0.630. The number of benzene rings is 3. The number of carbonyl (C=O) groups excluding carboxylic acids is 4. The van der Waals surface area contributed by atoms with Crippen LogP contribution in [0.15, 0.2) is 65.1 Å². The number of nitrogens with zero attached hydrogens (tertiary/aromatic N) is 4. The number of hydrogen-bond donors (Lipinski definition) is 3. The topological polar surface area (TPSA) is 163 Å². The zero-order chi connectivity index (χ0) is 43.9. The van der Waals surface area contributed by atoms with E-state index in [-0.39, 0.29) is 43.6 Å². The van der Waals surface area contributed by atoms with Crippen LogP contribution in [0.4, 0.5) is 5.69 Å². The summed E-state index contributed by atoms with van der Waals surface area (Å²) in [5, 5.41) is 7.90. The van der Waals surface area contributed by atoms with Gasteiger partial charge in [-0.05, 0) is 63.9 Å². The fraction of sp³-hybridized carbons (Fsp3) is 0.511. The van der Waals surface area contributed by atoms with Crippen molar-refractivity contribution in [2.75, 3.05) is 90.2 Å². The number of rotatable bonds is 22.